The Bertz CT molecular complexity index is 461. The van der Waals surface area contributed by atoms with E-state index in [1.165, 1.54) is 6.20 Å². The largest absolute Gasteiger partial charge is 0.462 e. The summed E-state index contributed by atoms with van der Waals surface area (Å²) in [5, 5.41) is 3.11. The maximum Gasteiger partial charge on any atom is 0.341 e. The van der Waals surface area contributed by atoms with Crippen molar-refractivity contribution in [2.24, 2.45) is 0 Å². The number of aromatic nitrogens is 1. The number of rotatable bonds is 7. The van der Waals surface area contributed by atoms with Gasteiger partial charge in [0.2, 0.25) is 0 Å². The number of nitrogens with two attached hydrogens (primary N) is 1. The van der Waals surface area contributed by atoms with Gasteiger partial charge in [0.15, 0.2) is 0 Å². The summed E-state index contributed by atoms with van der Waals surface area (Å²) < 4.78 is 10.6. The van der Waals surface area contributed by atoms with Crippen LogP contribution in [0.3, 0.4) is 0 Å². The summed E-state index contributed by atoms with van der Waals surface area (Å²) in [5.74, 6) is 0.00874. The summed E-state index contributed by atoms with van der Waals surface area (Å²) in [6.45, 7) is 9.06. The van der Waals surface area contributed by atoms with Crippen molar-refractivity contribution in [3.63, 3.8) is 0 Å². The van der Waals surface area contributed by atoms with Crippen molar-refractivity contribution in [3.05, 3.63) is 17.8 Å². The number of pyridine rings is 1. The molecule has 20 heavy (non-hydrogen) atoms. The molecule has 0 fully saturated rings. The second kappa shape index (κ2) is 7.09. The van der Waals surface area contributed by atoms with E-state index in [1.54, 1.807) is 13.0 Å². The molecule has 0 bridgehead atoms. The average Bonchev–Trinajstić information content (AvgIpc) is 2.37. The van der Waals surface area contributed by atoms with E-state index in [2.05, 4.69) is 10.3 Å². The first-order valence-electron chi connectivity index (χ1n) is 6.70. The lowest BCUT2D eigenvalue weighted by molar-refractivity contribution is 0.000588. The zero-order valence-electron chi connectivity index (χ0n) is 12.5. The third kappa shape index (κ3) is 4.70. The molecule has 0 saturated carbocycles. The van der Waals surface area contributed by atoms with Crippen molar-refractivity contribution in [2.45, 2.75) is 33.3 Å². The molecule has 0 spiro atoms. The second-order valence-corrected chi connectivity index (χ2v) is 4.93. The number of nitrogen functional groups attached to an aromatic ring is 1. The van der Waals surface area contributed by atoms with Gasteiger partial charge in [-0.25, -0.2) is 9.78 Å². The number of hydrogen-bond donors (Lipinski definition) is 2. The van der Waals surface area contributed by atoms with Crippen LogP contribution in [-0.4, -0.2) is 36.3 Å². The molecule has 3 N–H and O–H groups in total. The van der Waals surface area contributed by atoms with Crippen molar-refractivity contribution in [1.82, 2.24) is 4.98 Å². The lowest BCUT2D eigenvalue weighted by Crippen LogP contribution is -2.34. The van der Waals surface area contributed by atoms with Gasteiger partial charge in [-0.3, -0.25) is 0 Å². The lowest BCUT2D eigenvalue weighted by atomic mass is 10.1. The Morgan fingerprint density at radius 1 is 1.40 bits per heavy atom. The molecule has 6 heteroatoms. The number of esters is 1. The summed E-state index contributed by atoms with van der Waals surface area (Å²) in [6.07, 6.45) is 1.50. The number of ether oxygens (including phenoxy) is 2. The van der Waals surface area contributed by atoms with Gasteiger partial charge in [0.1, 0.15) is 11.4 Å². The highest BCUT2D eigenvalue weighted by atomic mass is 16.5. The molecule has 112 valence electrons. The quantitative estimate of drug-likeness (QED) is 0.744. The fourth-order valence-corrected chi connectivity index (χ4v) is 1.72. The van der Waals surface area contributed by atoms with Crippen LogP contribution in [-0.2, 0) is 9.47 Å². The molecule has 0 aliphatic heterocycles. The van der Waals surface area contributed by atoms with E-state index < -0.39 is 5.97 Å². The van der Waals surface area contributed by atoms with Crippen molar-refractivity contribution in [3.8, 4) is 0 Å². The molecule has 0 saturated heterocycles. The Labute approximate surface area is 119 Å². The van der Waals surface area contributed by atoms with E-state index in [1.807, 2.05) is 20.8 Å². The first-order chi connectivity index (χ1) is 9.39. The third-order valence-corrected chi connectivity index (χ3v) is 2.62. The summed E-state index contributed by atoms with van der Waals surface area (Å²) >= 11 is 0. The number of anilines is 2. The topological polar surface area (TPSA) is 86.5 Å². The Morgan fingerprint density at radius 2 is 2.10 bits per heavy atom. The van der Waals surface area contributed by atoms with Crippen molar-refractivity contribution >= 4 is 17.5 Å². The van der Waals surface area contributed by atoms with Gasteiger partial charge in [0.05, 0.1) is 24.1 Å². The highest BCUT2D eigenvalue weighted by Crippen LogP contribution is 2.18. The van der Waals surface area contributed by atoms with Gasteiger partial charge in [-0.05, 0) is 33.8 Å². The molecule has 0 unspecified atom stereocenters. The van der Waals surface area contributed by atoms with Crippen LogP contribution < -0.4 is 11.1 Å². The minimum absolute atomic E-state index is 0.303. The number of carbonyl (C=O) groups excluding carboxylic acids is 1. The monoisotopic (exact) mass is 281 g/mol. The normalized spacial score (nSPS) is 11.2. The highest BCUT2D eigenvalue weighted by molar-refractivity contribution is 5.95. The van der Waals surface area contributed by atoms with Crippen LogP contribution in [0.5, 0.6) is 0 Å². The Balaban J connectivity index is 2.86. The summed E-state index contributed by atoms with van der Waals surface area (Å²) in [4.78, 5) is 16.0. The fourth-order valence-electron chi connectivity index (χ4n) is 1.72. The van der Waals surface area contributed by atoms with Crippen LogP contribution in [0.15, 0.2) is 12.3 Å². The van der Waals surface area contributed by atoms with E-state index in [0.717, 1.165) is 0 Å². The fraction of sp³-hybridized carbons (Fsp3) is 0.571. The standard InChI is InChI=1S/C14H23N3O3/c1-5-19-13(18)11-7-10(15)8-16-12(11)17-9-14(3,4)20-6-2/h7-8H,5-6,9,15H2,1-4H3,(H,16,17). The molecule has 1 rings (SSSR count). The molecule has 0 aliphatic carbocycles. The lowest BCUT2D eigenvalue weighted by Gasteiger charge is -2.25. The average molecular weight is 281 g/mol. The smallest absolute Gasteiger partial charge is 0.341 e. The van der Waals surface area contributed by atoms with Gasteiger partial charge in [-0.2, -0.15) is 0 Å². The van der Waals surface area contributed by atoms with Crippen molar-refractivity contribution in [1.29, 1.82) is 0 Å². The van der Waals surface area contributed by atoms with Gasteiger partial charge < -0.3 is 20.5 Å². The second-order valence-electron chi connectivity index (χ2n) is 4.93. The summed E-state index contributed by atoms with van der Waals surface area (Å²) in [6, 6.07) is 1.56. The van der Waals surface area contributed by atoms with Gasteiger partial charge in [-0.1, -0.05) is 0 Å². The van der Waals surface area contributed by atoms with Gasteiger partial charge in [0.25, 0.3) is 0 Å². The van der Waals surface area contributed by atoms with Crippen LogP contribution in [0.1, 0.15) is 38.1 Å². The molecule has 1 heterocycles. The van der Waals surface area contributed by atoms with E-state index in [-0.39, 0.29) is 5.60 Å². The van der Waals surface area contributed by atoms with E-state index in [0.29, 0.717) is 36.8 Å². The molecular formula is C14H23N3O3. The first kappa shape index (κ1) is 16.2. The van der Waals surface area contributed by atoms with Crippen molar-refractivity contribution in [2.75, 3.05) is 30.8 Å². The van der Waals surface area contributed by atoms with Crippen molar-refractivity contribution < 1.29 is 14.3 Å². The minimum atomic E-state index is -0.441. The minimum Gasteiger partial charge on any atom is -0.462 e. The number of nitrogens with one attached hydrogen (secondary N) is 1. The molecule has 0 atom stereocenters. The van der Waals surface area contributed by atoms with Gasteiger partial charge >= 0.3 is 5.97 Å². The third-order valence-electron chi connectivity index (χ3n) is 2.62. The molecule has 6 nitrogen and oxygen atoms in total. The maximum atomic E-state index is 11.9. The predicted octanol–water partition coefficient (Wildman–Crippen LogP) is 2.07. The predicted molar refractivity (Wildman–Crippen MR) is 78.8 cm³/mol. The van der Waals surface area contributed by atoms with Crippen LogP contribution in [0.4, 0.5) is 11.5 Å². The molecule has 0 radical (unpaired) electrons. The first-order valence-corrected chi connectivity index (χ1v) is 6.70. The number of hydrogen-bond acceptors (Lipinski definition) is 6. The maximum absolute atomic E-state index is 11.9. The molecule has 0 aliphatic rings. The van der Waals surface area contributed by atoms with E-state index in [4.69, 9.17) is 15.2 Å². The van der Waals surface area contributed by atoms with Crippen LogP contribution >= 0.6 is 0 Å². The zero-order chi connectivity index (χ0) is 15.2. The van der Waals surface area contributed by atoms with Crippen LogP contribution in [0.2, 0.25) is 0 Å². The zero-order valence-corrected chi connectivity index (χ0v) is 12.5. The van der Waals surface area contributed by atoms with E-state index in [9.17, 15) is 4.79 Å². The van der Waals surface area contributed by atoms with E-state index >= 15 is 0 Å². The number of nitrogens with zero attached hydrogens (tertiary/aromatic N) is 1. The van der Waals surface area contributed by atoms with Crippen LogP contribution in [0, 0.1) is 0 Å². The molecular weight excluding hydrogens is 258 g/mol. The summed E-state index contributed by atoms with van der Waals surface area (Å²) in [7, 11) is 0. The van der Waals surface area contributed by atoms with Gasteiger partial charge in [0, 0.05) is 13.2 Å². The number of carbonyl (C=O) groups is 1. The highest BCUT2D eigenvalue weighted by Gasteiger charge is 2.20. The Hall–Kier alpha value is -1.82. The molecule has 0 aromatic carbocycles. The SMILES string of the molecule is CCOC(=O)c1cc(N)cnc1NCC(C)(C)OCC. The Morgan fingerprint density at radius 3 is 2.70 bits per heavy atom. The summed E-state index contributed by atoms with van der Waals surface area (Å²) in [5.41, 5.74) is 6.06. The molecule has 1 aromatic rings. The van der Waals surface area contributed by atoms with Gasteiger partial charge in [-0.15, -0.1) is 0 Å². The molecule has 1 aromatic heterocycles. The Kier molecular flexibility index (Phi) is 5.76. The molecule has 0 amide bonds. The van der Waals surface area contributed by atoms with Crippen LogP contribution in [0.25, 0.3) is 0 Å².